The SMILES string of the molecule is C=CC(C(=O)S)C(=O)NC. The van der Waals surface area contributed by atoms with Gasteiger partial charge in [0.05, 0.1) is 0 Å². The molecule has 1 atom stereocenters. The van der Waals surface area contributed by atoms with Crippen molar-refractivity contribution in [2.75, 3.05) is 7.05 Å². The molecular weight excluding hydrogens is 150 g/mol. The van der Waals surface area contributed by atoms with Crippen LogP contribution in [0.3, 0.4) is 0 Å². The molecule has 3 nitrogen and oxygen atoms in total. The van der Waals surface area contributed by atoms with Crippen LogP contribution in [0.5, 0.6) is 0 Å². The highest BCUT2D eigenvalue weighted by molar-refractivity contribution is 7.96. The van der Waals surface area contributed by atoms with Crippen molar-refractivity contribution < 1.29 is 9.59 Å². The van der Waals surface area contributed by atoms with Crippen LogP contribution in [0.1, 0.15) is 0 Å². The van der Waals surface area contributed by atoms with E-state index < -0.39 is 11.0 Å². The number of hydrogen-bond acceptors (Lipinski definition) is 2. The second-order valence-electron chi connectivity index (χ2n) is 1.67. The molecule has 0 saturated carbocycles. The minimum Gasteiger partial charge on any atom is -0.358 e. The predicted octanol–water partition coefficient (Wildman–Crippen LogP) is -0.00900. The smallest absolute Gasteiger partial charge is 0.235 e. The molecule has 4 heteroatoms. The van der Waals surface area contributed by atoms with Gasteiger partial charge in [-0.2, -0.15) is 0 Å². The van der Waals surface area contributed by atoms with Crippen LogP contribution >= 0.6 is 12.6 Å². The van der Waals surface area contributed by atoms with Crippen molar-refractivity contribution in [3.8, 4) is 0 Å². The highest BCUT2D eigenvalue weighted by atomic mass is 32.1. The summed E-state index contributed by atoms with van der Waals surface area (Å²) >= 11 is 3.50. The Morgan fingerprint density at radius 3 is 2.30 bits per heavy atom. The molecule has 1 N–H and O–H groups in total. The van der Waals surface area contributed by atoms with Crippen LogP contribution in [0, 0.1) is 5.92 Å². The molecule has 0 aromatic carbocycles. The maximum Gasteiger partial charge on any atom is 0.235 e. The lowest BCUT2D eigenvalue weighted by Crippen LogP contribution is -2.29. The molecule has 0 bridgehead atoms. The van der Waals surface area contributed by atoms with Gasteiger partial charge in [0.2, 0.25) is 11.0 Å². The van der Waals surface area contributed by atoms with E-state index in [9.17, 15) is 9.59 Å². The van der Waals surface area contributed by atoms with Crippen molar-refractivity contribution in [1.29, 1.82) is 0 Å². The molecular formula is C6H9NO2S. The molecule has 0 aliphatic rings. The van der Waals surface area contributed by atoms with Gasteiger partial charge in [-0.05, 0) is 0 Å². The molecule has 0 aromatic rings. The fourth-order valence-corrected chi connectivity index (χ4v) is 0.698. The maximum absolute atomic E-state index is 10.7. The van der Waals surface area contributed by atoms with E-state index in [1.807, 2.05) is 0 Å². The van der Waals surface area contributed by atoms with Crippen LogP contribution in [0.15, 0.2) is 12.7 Å². The number of rotatable bonds is 3. The van der Waals surface area contributed by atoms with Crippen LogP contribution < -0.4 is 5.32 Å². The van der Waals surface area contributed by atoms with Crippen molar-refractivity contribution in [3.63, 3.8) is 0 Å². The molecule has 0 aliphatic heterocycles. The van der Waals surface area contributed by atoms with Gasteiger partial charge in [0.25, 0.3) is 0 Å². The Bertz CT molecular complexity index is 167. The Morgan fingerprint density at radius 2 is 2.20 bits per heavy atom. The third-order valence-electron chi connectivity index (χ3n) is 1.03. The predicted molar refractivity (Wildman–Crippen MR) is 41.7 cm³/mol. The third-order valence-corrected chi connectivity index (χ3v) is 1.31. The first-order chi connectivity index (χ1) is 4.63. The molecule has 0 fully saturated rings. The van der Waals surface area contributed by atoms with Crippen LogP contribution in [0.25, 0.3) is 0 Å². The minimum absolute atomic E-state index is 0.380. The molecule has 0 rings (SSSR count). The lowest BCUT2D eigenvalue weighted by atomic mass is 10.1. The summed E-state index contributed by atoms with van der Waals surface area (Å²) < 4.78 is 0. The van der Waals surface area contributed by atoms with Crippen LogP contribution in [-0.2, 0) is 9.59 Å². The van der Waals surface area contributed by atoms with Crippen molar-refractivity contribution in [2.24, 2.45) is 5.92 Å². The van der Waals surface area contributed by atoms with Gasteiger partial charge in [-0.1, -0.05) is 6.08 Å². The zero-order valence-electron chi connectivity index (χ0n) is 5.63. The fourth-order valence-electron chi connectivity index (χ4n) is 0.476. The number of nitrogens with one attached hydrogen (secondary N) is 1. The van der Waals surface area contributed by atoms with E-state index in [0.29, 0.717) is 0 Å². The molecule has 0 aromatic heterocycles. The Morgan fingerprint density at radius 1 is 1.70 bits per heavy atom. The average Bonchev–Trinajstić information content (AvgIpc) is 1.88. The largest absolute Gasteiger partial charge is 0.358 e. The van der Waals surface area contributed by atoms with E-state index in [1.165, 1.54) is 13.1 Å². The van der Waals surface area contributed by atoms with Gasteiger partial charge in [0.15, 0.2) is 0 Å². The first kappa shape index (κ1) is 9.23. The van der Waals surface area contributed by atoms with Crippen molar-refractivity contribution >= 4 is 23.7 Å². The zero-order valence-corrected chi connectivity index (χ0v) is 6.52. The van der Waals surface area contributed by atoms with E-state index in [0.717, 1.165) is 0 Å². The first-order valence-corrected chi connectivity index (χ1v) is 3.15. The maximum atomic E-state index is 10.7. The van der Waals surface area contributed by atoms with E-state index in [-0.39, 0.29) is 5.91 Å². The molecule has 1 unspecified atom stereocenters. The van der Waals surface area contributed by atoms with Gasteiger partial charge in [0.1, 0.15) is 5.92 Å². The van der Waals surface area contributed by atoms with Gasteiger partial charge in [-0.25, -0.2) is 0 Å². The first-order valence-electron chi connectivity index (χ1n) is 2.70. The van der Waals surface area contributed by atoms with Crippen LogP contribution in [0.2, 0.25) is 0 Å². The zero-order chi connectivity index (χ0) is 8.15. The number of carbonyl (C=O) groups is 2. The Labute approximate surface area is 64.9 Å². The van der Waals surface area contributed by atoms with Crippen LogP contribution in [0.4, 0.5) is 0 Å². The summed E-state index contributed by atoms with van der Waals surface area (Å²) in [6.45, 7) is 3.32. The van der Waals surface area contributed by atoms with E-state index in [4.69, 9.17) is 0 Å². The fraction of sp³-hybridized carbons (Fsp3) is 0.333. The summed E-state index contributed by atoms with van der Waals surface area (Å²) in [5.41, 5.74) is 0. The van der Waals surface area contributed by atoms with Gasteiger partial charge >= 0.3 is 0 Å². The molecule has 1 amide bonds. The lowest BCUT2D eigenvalue weighted by Gasteiger charge is -2.03. The summed E-state index contributed by atoms with van der Waals surface area (Å²) in [5, 5.41) is 1.83. The second-order valence-corrected chi connectivity index (χ2v) is 2.11. The summed E-state index contributed by atoms with van der Waals surface area (Å²) in [6, 6.07) is 0. The summed E-state index contributed by atoms with van der Waals surface area (Å²) in [5.74, 6) is -1.21. The van der Waals surface area contributed by atoms with Crippen molar-refractivity contribution in [2.45, 2.75) is 0 Å². The highest BCUT2D eigenvalue weighted by Gasteiger charge is 2.18. The van der Waals surface area contributed by atoms with Crippen LogP contribution in [-0.4, -0.2) is 18.1 Å². The average molecular weight is 159 g/mol. The van der Waals surface area contributed by atoms with Crippen molar-refractivity contribution in [1.82, 2.24) is 5.32 Å². The molecule has 0 aliphatic carbocycles. The minimum atomic E-state index is -0.826. The molecule has 0 radical (unpaired) electrons. The lowest BCUT2D eigenvalue weighted by molar-refractivity contribution is -0.127. The quantitative estimate of drug-likeness (QED) is 0.345. The van der Waals surface area contributed by atoms with E-state index in [2.05, 4.69) is 24.5 Å². The Kier molecular flexibility index (Phi) is 3.79. The molecule has 0 spiro atoms. The second kappa shape index (κ2) is 4.11. The third kappa shape index (κ3) is 2.23. The molecule has 0 heterocycles. The van der Waals surface area contributed by atoms with E-state index in [1.54, 1.807) is 0 Å². The topological polar surface area (TPSA) is 46.2 Å². The Balaban J connectivity index is 4.20. The summed E-state index contributed by atoms with van der Waals surface area (Å²) in [6.07, 6.45) is 1.26. The van der Waals surface area contributed by atoms with Gasteiger partial charge in [0, 0.05) is 7.05 Å². The van der Waals surface area contributed by atoms with E-state index >= 15 is 0 Å². The highest BCUT2D eigenvalue weighted by Crippen LogP contribution is 2.01. The van der Waals surface area contributed by atoms with Gasteiger partial charge < -0.3 is 5.32 Å². The van der Waals surface area contributed by atoms with Crippen molar-refractivity contribution in [3.05, 3.63) is 12.7 Å². The standard InChI is InChI=1S/C6H9NO2S/c1-3-4(6(9)10)5(8)7-2/h3-4H,1H2,2H3,(H,7,8)(H,9,10). The monoisotopic (exact) mass is 159 g/mol. The molecule has 10 heavy (non-hydrogen) atoms. The number of amides is 1. The van der Waals surface area contributed by atoms with Gasteiger partial charge in [-0.3, -0.25) is 9.59 Å². The normalized spacial score (nSPS) is 11.8. The Hall–Kier alpha value is -0.770. The number of thiol groups is 1. The number of carbonyl (C=O) groups excluding carboxylic acids is 2. The number of hydrogen-bond donors (Lipinski definition) is 2. The molecule has 56 valence electrons. The molecule has 0 saturated heterocycles. The summed E-state index contributed by atoms with van der Waals surface area (Å²) in [7, 11) is 1.45. The summed E-state index contributed by atoms with van der Waals surface area (Å²) in [4.78, 5) is 21.2. The van der Waals surface area contributed by atoms with Gasteiger partial charge in [-0.15, -0.1) is 19.2 Å².